The number of nitriles is 1. The second-order valence-electron chi connectivity index (χ2n) is 4.08. The Morgan fingerprint density at radius 1 is 1.35 bits per heavy atom. The Hall–Kier alpha value is -2.87. The molecule has 5 nitrogen and oxygen atoms in total. The summed E-state index contributed by atoms with van der Waals surface area (Å²) in [6.45, 7) is 0.594. The maximum atomic E-state index is 11.4. The van der Waals surface area contributed by atoms with Gasteiger partial charge in [-0.1, -0.05) is 12.1 Å². The molecule has 0 unspecified atom stereocenters. The number of benzene rings is 1. The number of rotatable bonds is 4. The van der Waals surface area contributed by atoms with E-state index in [1.807, 2.05) is 12.1 Å². The van der Waals surface area contributed by atoms with E-state index in [-0.39, 0.29) is 5.69 Å². The second kappa shape index (κ2) is 6.34. The van der Waals surface area contributed by atoms with Crippen molar-refractivity contribution in [2.45, 2.75) is 6.54 Å². The van der Waals surface area contributed by atoms with Gasteiger partial charge >= 0.3 is 5.97 Å². The molecule has 0 bridgehead atoms. The lowest BCUT2D eigenvalue weighted by Crippen LogP contribution is -2.06. The molecule has 2 rings (SSSR count). The zero-order valence-electron chi connectivity index (χ0n) is 11.0. The smallest absolute Gasteiger partial charge is 0.356 e. The van der Waals surface area contributed by atoms with Gasteiger partial charge in [0.1, 0.15) is 5.69 Å². The Bertz CT molecular complexity index is 645. The SMILES string of the molecule is COC(=O)c1cc(NCc2ccc(C#N)cc2)ccn1. The second-order valence-corrected chi connectivity index (χ2v) is 4.08. The molecule has 0 saturated heterocycles. The first-order valence-corrected chi connectivity index (χ1v) is 6.00. The molecular weight excluding hydrogens is 254 g/mol. The highest BCUT2D eigenvalue weighted by Gasteiger charge is 2.07. The minimum Gasteiger partial charge on any atom is -0.464 e. The summed E-state index contributed by atoms with van der Waals surface area (Å²) in [6.07, 6.45) is 1.55. The molecule has 0 spiro atoms. The fourth-order valence-electron chi connectivity index (χ4n) is 1.66. The van der Waals surface area contributed by atoms with Crippen molar-refractivity contribution in [1.82, 2.24) is 4.98 Å². The summed E-state index contributed by atoms with van der Waals surface area (Å²) < 4.78 is 4.62. The molecule has 1 heterocycles. The average molecular weight is 267 g/mol. The van der Waals surface area contributed by atoms with Gasteiger partial charge in [-0.3, -0.25) is 0 Å². The van der Waals surface area contributed by atoms with Gasteiger partial charge in [-0.25, -0.2) is 9.78 Å². The van der Waals surface area contributed by atoms with Crippen LogP contribution in [0.15, 0.2) is 42.6 Å². The minimum atomic E-state index is -0.466. The highest BCUT2D eigenvalue weighted by Crippen LogP contribution is 2.11. The van der Waals surface area contributed by atoms with Gasteiger partial charge in [0.15, 0.2) is 0 Å². The van der Waals surface area contributed by atoms with Crippen LogP contribution in [-0.4, -0.2) is 18.1 Å². The first-order valence-electron chi connectivity index (χ1n) is 6.00. The maximum absolute atomic E-state index is 11.4. The Labute approximate surface area is 116 Å². The summed E-state index contributed by atoms with van der Waals surface area (Å²) in [7, 11) is 1.32. The molecule has 0 saturated carbocycles. The molecule has 1 aromatic carbocycles. The predicted octanol–water partition coefficient (Wildman–Crippen LogP) is 2.35. The van der Waals surface area contributed by atoms with Gasteiger partial charge in [-0.05, 0) is 29.8 Å². The number of aromatic nitrogens is 1. The predicted molar refractivity (Wildman–Crippen MR) is 74.1 cm³/mol. The number of ether oxygens (including phenoxy) is 1. The Kier molecular flexibility index (Phi) is 4.30. The maximum Gasteiger partial charge on any atom is 0.356 e. The third kappa shape index (κ3) is 3.33. The van der Waals surface area contributed by atoms with Crippen LogP contribution in [0.1, 0.15) is 21.6 Å². The molecule has 0 atom stereocenters. The normalized spacial score (nSPS) is 9.60. The summed E-state index contributed by atoms with van der Waals surface area (Å²) in [5, 5.41) is 11.9. The van der Waals surface area contributed by atoms with Crippen LogP contribution in [0.2, 0.25) is 0 Å². The standard InChI is InChI=1S/C15H13N3O2/c1-20-15(19)14-8-13(6-7-17-14)18-10-12-4-2-11(9-16)3-5-12/h2-8H,10H2,1H3,(H,17,18). The first kappa shape index (κ1) is 13.6. The van der Waals surface area contributed by atoms with Gasteiger partial charge in [0.05, 0.1) is 18.7 Å². The van der Waals surface area contributed by atoms with Gasteiger partial charge in [0, 0.05) is 18.4 Å². The van der Waals surface area contributed by atoms with Crippen LogP contribution in [-0.2, 0) is 11.3 Å². The van der Waals surface area contributed by atoms with E-state index < -0.39 is 5.97 Å². The number of carbonyl (C=O) groups is 1. The Balaban J connectivity index is 2.03. The van der Waals surface area contributed by atoms with E-state index in [2.05, 4.69) is 21.1 Å². The van der Waals surface area contributed by atoms with Crippen LogP contribution in [0.4, 0.5) is 5.69 Å². The molecule has 5 heteroatoms. The average Bonchev–Trinajstić information content (AvgIpc) is 2.53. The van der Waals surface area contributed by atoms with E-state index in [0.29, 0.717) is 12.1 Å². The van der Waals surface area contributed by atoms with Gasteiger partial charge in [0.25, 0.3) is 0 Å². The molecule has 0 aliphatic rings. The van der Waals surface area contributed by atoms with Crippen LogP contribution in [0.5, 0.6) is 0 Å². The minimum absolute atomic E-state index is 0.261. The molecule has 0 aliphatic carbocycles. The van der Waals surface area contributed by atoms with Crippen molar-refractivity contribution in [2.24, 2.45) is 0 Å². The monoisotopic (exact) mass is 267 g/mol. The molecular formula is C15H13N3O2. The molecule has 1 aromatic heterocycles. The van der Waals surface area contributed by atoms with Crippen molar-refractivity contribution in [1.29, 1.82) is 5.26 Å². The van der Waals surface area contributed by atoms with Gasteiger partial charge in [0.2, 0.25) is 0 Å². The summed E-state index contributed by atoms with van der Waals surface area (Å²) >= 11 is 0. The number of anilines is 1. The van der Waals surface area contributed by atoms with E-state index in [0.717, 1.165) is 11.3 Å². The third-order valence-electron chi connectivity index (χ3n) is 2.73. The lowest BCUT2D eigenvalue weighted by Gasteiger charge is -2.07. The Morgan fingerprint density at radius 2 is 2.10 bits per heavy atom. The van der Waals surface area contributed by atoms with E-state index in [4.69, 9.17) is 5.26 Å². The molecule has 20 heavy (non-hydrogen) atoms. The van der Waals surface area contributed by atoms with E-state index in [9.17, 15) is 4.79 Å². The van der Waals surface area contributed by atoms with E-state index >= 15 is 0 Å². The lowest BCUT2D eigenvalue weighted by molar-refractivity contribution is 0.0594. The fraction of sp³-hybridized carbons (Fsp3) is 0.133. The quantitative estimate of drug-likeness (QED) is 0.861. The van der Waals surface area contributed by atoms with Crippen LogP contribution in [0.25, 0.3) is 0 Å². The van der Waals surface area contributed by atoms with Crippen LogP contribution in [0.3, 0.4) is 0 Å². The summed E-state index contributed by atoms with van der Waals surface area (Å²) in [5.74, 6) is -0.466. The zero-order valence-corrected chi connectivity index (χ0v) is 11.0. The Morgan fingerprint density at radius 3 is 2.75 bits per heavy atom. The summed E-state index contributed by atoms with van der Waals surface area (Å²) in [5.41, 5.74) is 2.72. The number of carbonyl (C=O) groups excluding carboxylic acids is 1. The van der Waals surface area contributed by atoms with Crippen molar-refractivity contribution in [3.63, 3.8) is 0 Å². The van der Waals surface area contributed by atoms with Crippen molar-refractivity contribution in [2.75, 3.05) is 12.4 Å². The number of nitrogens with zero attached hydrogens (tertiary/aromatic N) is 2. The van der Waals surface area contributed by atoms with Crippen LogP contribution in [0, 0.1) is 11.3 Å². The molecule has 2 aromatic rings. The highest BCUT2D eigenvalue weighted by molar-refractivity contribution is 5.88. The molecule has 1 N–H and O–H groups in total. The van der Waals surface area contributed by atoms with Crippen molar-refractivity contribution in [3.8, 4) is 6.07 Å². The van der Waals surface area contributed by atoms with Gasteiger partial charge < -0.3 is 10.1 Å². The van der Waals surface area contributed by atoms with Gasteiger partial charge in [-0.15, -0.1) is 0 Å². The summed E-state index contributed by atoms with van der Waals surface area (Å²) in [6, 6.07) is 12.8. The fourth-order valence-corrected chi connectivity index (χ4v) is 1.66. The molecule has 100 valence electrons. The number of esters is 1. The van der Waals surface area contributed by atoms with E-state index in [1.54, 1.807) is 30.5 Å². The number of nitrogens with one attached hydrogen (secondary N) is 1. The number of hydrogen-bond acceptors (Lipinski definition) is 5. The van der Waals surface area contributed by atoms with Crippen LogP contribution < -0.4 is 5.32 Å². The largest absolute Gasteiger partial charge is 0.464 e. The topological polar surface area (TPSA) is 75.0 Å². The third-order valence-corrected chi connectivity index (χ3v) is 2.73. The number of pyridine rings is 1. The van der Waals surface area contributed by atoms with Crippen molar-refractivity contribution < 1.29 is 9.53 Å². The highest BCUT2D eigenvalue weighted by atomic mass is 16.5. The van der Waals surface area contributed by atoms with E-state index in [1.165, 1.54) is 7.11 Å². The van der Waals surface area contributed by atoms with Crippen molar-refractivity contribution in [3.05, 3.63) is 59.4 Å². The number of hydrogen-bond donors (Lipinski definition) is 1. The van der Waals surface area contributed by atoms with Crippen molar-refractivity contribution >= 4 is 11.7 Å². The molecule has 0 fully saturated rings. The van der Waals surface area contributed by atoms with Gasteiger partial charge in [-0.2, -0.15) is 5.26 Å². The molecule has 0 radical (unpaired) electrons. The number of methoxy groups -OCH3 is 1. The lowest BCUT2D eigenvalue weighted by atomic mass is 10.1. The molecule has 0 aliphatic heterocycles. The summed E-state index contributed by atoms with van der Waals surface area (Å²) in [4.78, 5) is 15.3. The van der Waals surface area contributed by atoms with Crippen LogP contribution >= 0.6 is 0 Å². The zero-order chi connectivity index (χ0) is 14.4. The molecule has 0 amide bonds. The first-order chi connectivity index (χ1) is 9.72.